The summed E-state index contributed by atoms with van der Waals surface area (Å²) in [5.74, 6) is -0.517. The van der Waals surface area contributed by atoms with Gasteiger partial charge in [0, 0.05) is 43.8 Å². The Labute approximate surface area is 280 Å². The zero-order valence-corrected chi connectivity index (χ0v) is 28.1. The highest BCUT2D eigenvalue weighted by atomic mass is 35.5. The first-order chi connectivity index (χ1) is 22.7. The molecule has 0 aliphatic carbocycles. The highest BCUT2D eigenvalue weighted by Crippen LogP contribution is 2.42. The van der Waals surface area contributed by atoms with Gasteiger partial charge in [-0.15, -0.1) is 20.5 Å². The number of sulfonamides is 1. The molecular weight excluding hydrogens is 674 g/mol. The third kappa shape index (κ3) is 11.2. The average Bonchev–Trinajstić information content (AvgIpc) is 3.01. The lowest BCUT2D eigenvalue weighted by atomic mass is 10.2. The number of rotatable bonds is 16. The molecule has 0 fully saturated rings. The summed E-state index contributed by atoms with van der Waals surface area (Å²) in [7, 11) is -0.988. The fourth-order valence-corrected chi connectivity index (χ4v) is 4.76. The Morgan fingerprint density at radius 2 is 1.33 bits per heavy atom. The number of esters is 2. The highest BCUT2D eigenvalue weighted by Gasteiger charge is 2.16. The summed E-state index contributed by atoms with van der Waals surface area (Å²) < 4.78 is 47.9. The van der Waals surface area contributed by atoms with Crippen molar-refractivity contribution in [2.75, 3.05) is 56.4 Å². The summed E-state index contributed by atoms with van der Waals surface area (Å²) >= 11 is 6.12. The Morgan fingerprint density at radius 3 is 1.79 bits per heavy atom. The summed E-state index contributed by atoms with van der Waals surface area (Å²) in [4.78, 5) is 34.7. The third-order valence-corrected chi connectivity index (χ3v) is 7.02. The number of carbonyl (C=O) groups is 2. The minimum Gasteiger partial charge on any atom is -0.494 e. The highest BCUT2D eigenvalue weighted by molar-refractivity contribution is 7.92. The lowest BCUT2D eigenvalue weighted by molar-refractivity contribution is -0.384. The van der Waals surface area contributed by atoms with Crippen LogP contribution >= 0.6 is 11.6 Å². The van der Waals surface area contributed by atoms with Crippen LogP contribution in [-0.4, -0.2) is 72.1 Å². The summed E-state index contributed by atoms with van der Waals surface area (Å²) in [5.41, 5.74) is 1.13. The number of azo groups is 2. The van der Waals surface area contributed by atoms with E-state index in [-0.39, 0.29) is 76.9 Å². The second-order valence-electron chi connectivity index (χ2n) is 9.73. The standard InChI is InChI=1S/C29H32ClN7O10S/c1-18(38)46-12-10-36(11-13-47-19(2)39)20-6-9-24(25(15-20)35-48(5,42)43)32-34-27-17-28(44-3)26(16-29(27)45-4)33-31-23-8-7-21(37(40)41)14-22(23)30/h6-9,14-17,35H,10-13H2,1-5H3. The molecule has 0 radical (unpaired) electrons. The number of nitro benzene ring substituents is 1. The molecule has 3 aromatic rings. The number of non-ortho nitro benzene ring substituents is 1. The van der Waals surface area contributed by atoms with E-state index in [0.717, 1.165) is 12.3 Å². The van der Waals surface area contributed by atoms with Crippen molar-refractivity contribution in [1.29, 1.82) is 0 Å². The maximum absolute atomic E-state index is 12.2. The molecule has 0 spiro atoms. The first kappa shape index (κ1) is 37.1. The smallest absolute Gasteiger partial charge is 0.302 e. The van der Waals surface area contributed by atoms with E-state index >= 15 is 0 Å². The molecule has 3 rings (SSSR count). The molecule has 0 aliphatic heterocycles. The van der Waals surface area contributed by atoms with Gasteiger partial charge in [-0.05, 0) is 24.3 Å². The Bertz CT molecular complexity index is 1820. The summed E-state index contributed by atoms with van der Waals surface area (Å²) in [6.45, 7) is 3.05. The van der Waals surface area contributed by atoms with Crippen LogP contribution in [0.1, 0.15) is 13.8 Å². The lowest BCUT2D eigenvalue weighted by Gasteiger charge is -2.25. The number of ether oxygens (including phenoxy) is 4. The zero-order chi connectivity index (χ0) is 35.4. The van der Waals surface area contributed by atoms with Gasteiger partial charge in [-0.3, -0.25) is 24.4 Å². The van der Waals surface area contributed by atoms with E-state index in [0.29, 0.717) is 5.69 Å². The third-order valence-electron chi connectivity index (χ3n) is 6.13. The van der Waals surface area contributed by atoms with Crippen LogP contribution in [0, 0.1) is 10.1 Å². The normalized spacial score (nSPS) is 11.4. The fourth-order valence-electron chi connectivity index (χ4n) is 3.99. The van der Waals surface area contributed by atoms with Crippen molar-refractivity contribution < 1.29 is 41.9 Å². The van der Waals surface area contributed by atoms with E-state index in [9.17, 15) is 28.1 Å². The zero-order valence-electron chi connectivity index (χ0n) is 26.5. The van der Waals surface area contributed by atoms with Gasteiger partial charge >= 0.3 is 11.9 Å². The minimum atomic E-state index is -3.77. The fraction of sp³-hybridized carbons (Fsp3) is 0.310. The summed E-state index contributed by atoms with van der Waals surface area (Å²) in [6.07, 6.45) is 0.977. The van der Waals surface area contributed by atoms with Crippen LogP contribution in [0.3, 0.4) is 0 Å². The van der Waals surface area contributed by atoms with Crippen molar-refractivity contribution in [3.63, 3.8) is 0 Å². The number of nitrogens with one attached hydrogen (secondary N) is 1. The molecule has 0 saturated carbocycles. The van der Waals surface area contributed by atoms with Crippen molar-refractivity contribution >= 4 is 73.4 Å². The van der Waals surface area contributed by atoms with Crippen molar-refractivity contribution in [2.45, 2.75) is 13.8 Å². The van der Waals surface area contributed by atoms with Crippen LogP contribution in [0.5, 0.6) is 11.5 Å². The minimum absolute atomic E-state index is 0.0192. The molecule has 0 aliphatic rings. The van der Waals surface area contributed by atoms with Crippen LogP contribution in [0.2, 0.25) is 5.02 Å². The van der Waals surface area contributed by atoms with Gasteiger partial charge in [0.1, 0.15) is 47.5 Å². The Kier molecular flexibility index (Phi) is 13.1. The quantitative estimate of drug-likeness (QED) is 0.0745. The number of carbonyl (C=O) groups excluding carboxylic acids is 2. The van der Waals surface area contributed by atoms with Crippen LogP contribution in [0.25, 0.3) is 0 Å². The summed E-state index contributed by atoms with van der Waals surface area (Å²) in [5, 5.41) is 27.7. The van der Waals surface area contributed by atoms with E-state index in [2.05, 4.69) is 25.2 Å². The van der Waals surface area contributed by atoms with E-state index in [1.54, 1.807) is 11.0 Å². The van der Waals surface area contributed by atoms with Crippen molar-refractivity contribution in [3.05, 3.63) is 63.7 Å². The number of nitrogens with zero attached hydrogens (tertiary/aromatic N) is 6. The van der Waals surface area contributed by atoms with Crippen molar-refractivity contribution in [3.8, 4) is 11.5 Å². The number of methoxy groups -OCH3 is 2. The second kappa shape index (κ2) is 17.0. The van der Waals surface area contributed by atoms with Crippen LogP contribution in [0.15, 0.2) is 69.0 Å². The first-order valence-electron chi connectivity index (χ1n) is 13.9. The van der Waals surface area contributed by atoms with Gasteiger partial charge in [0.05, 0.1) is 49.2 Å². The molecule has 0 bridgehead atoms. The number of anilines is 2. The second-order valence-corrected chi connectivity index (χ2v) is 11.9. The molecule has 0 atom stereocenters. The molecule has 256 valence electrons. The van der Waals surface area contributed by atoms with Crippen LogP contribution in [-0.2, 0) is 29.1 Å². The molecule has 0 amide bonds. The Balaban J connectivity index is 1.97. The predicted molar refractivity (Wildman–Crippen MR) is 176 cm³/mol. The van der Waals surface area contributed by atoms with E-state index in [4.69, 9.17) is 30.5 Å². The average molecular weight is 706 g/mol. The maximum Gasteiger partial charge on any atom is 0.302 e. The Hall–Kier alpha value is -5.36. The van der Waals surface area contributed by atoms with Crippen LogP contribution < -0.4 is 19.1 Å². The topological polar surface area (TPSA) is 213 Å². The van der Waals surface area contributed by atoms with Gasteiger partial charge in [-0.1, -0.05) is 11.6 Å². The molecule has 0 saturated heterocycles. The van der Waals surface area contributed by atoms with Gasteiger partial charge in [-0.25, -0.2) is 8.42 Å². The molecular formula is C29H32ClN7O10S. The molecule has 0 aromatic heterocycles. The van der Waals surface area contributed by atoms with Gasteiger partial charge < -0.3 is 23.8 Å². The van der Waals surface area contributed by atoms with E-state index < -0.39 is 26.9 Å². The van der Waals surface area contributed by atoms with E-state index in [1.807, 2.05) is 0 Å². The molecule has 1 N–H and O–H groups in total. The van der Waals surface area contributed by atoms with E-state index in [1.165, 1.54) is 64.5 Å². The maximum atomic E-state index is 12.2. The molecule has 3 aromatic carbocycles. The predicted octanol–water partition coefficient (Wildman–Crippen LogP) is 6.40. The molecule has 0 heterocycles. The molecule has 0 unspecified atom stereocenters. The molecule has 17 nitrogen and oxygen atoms in total. The SMILES string of the molecule is COc1cc(N=Nc2ccc(N(CCOC(C)=O)CCOC(C)=O)cc2NS(C)(=O)=O)c(OC)cc1N=Nc1ccc([N+](=O)[O-])cc1Cl. The Morgan fingerprint density at radius 1 is 0.833 bits per heavy atom. The lowest BCUT2D eigenvalue weighted by Crippen LogP contribution is -2.32. The number of hydrogen-bond acceptors (Lipinski definition) is 15. The summed E-state index contributed by atoms with van der Waals surface area (Å²) in [6, 6.07) is 11.4. The molecule has 19 heteroatoms. The van der Waals surface area contributed by atoms with Gasteiger partial charge in [0.2, 0.25) is 10.0 Å². The van der Waals surface area contributed by atoms with Gasteiger partial charge in [0.15, 0.2) is 0 Å². The monoisotopic (exact) mass is 705 g/mol. The van der Waals surface area contributed by atoms with Gasteiger partial charge in [-0.2, -0.15) is 0 Å². The largest absolute Gasteiger partial charge is 0.494 e. The number of halogens is 1. The molecule has 48 heavy (non-hydrogen) atoms. The van der Waals surface area contributed by atoms with Crippen molar-refractivity contribution in [2.24, 2.45) is 20.5 Å². The first-order valence-corrected chi connectivity index (χ1v) is 16.1. The number of nitro groups is 1. The van der Waals surface area contributed by atoms with Crippen LogP contribution in [0.4, 0.5) is 39.8 Å². The van der Waals surface area contributed by atoms with Gasteiger partial charge in [0.25, 0.3) is 5.69 Å². The number of hydrogen-bond donors (Lipinski definition) is 1. The van der Waals surface area contributed by atoms with Crippen molar-refractivity contribution in [1.82, 2.24) is 0 Å². The number of benzene rings is 3.